The molecular formula is C18H28N6O2. The Labute approximate surface area is 154 Å². The van der Waals surface area contributed by atoms with Crippen LogP contribution in [0.25, 0.3) is 0 Å². The second kappa shape index (κ2) is 8.09. The molecule has 2 aromatic heterocycles. The highest BCUT2D eigenvalue weighted by atomic mass is 16.5. The van der Waals surface area contributed by atoms with Gasteiger partial charge in [-0.25, -0.2) is 9.97 Å². The molecule has 3 heterocycles. The Bertz CT molecular complexity index is 724. The van der Waals surface area contributed by atoms with Gasteiger partial charge < -0.3 is 14.2 Å². The first kappa shape index (κ1) is 18.7. The summed E-state index contributed by atoms with van der Waals surface area (Å²) in [6.45, 7) is 12.5. The summed E-state index contributed by atoms with van der Waals surface area (Å²) in [5, 5.41) is 3.99. The van der Waals surface area contributed by atoms with Gasteiger partial charge in [0.05, 0.1) is 6.54 Å². The SMILES string of the molecule is COC(C)c1noc(CN2CCN(c3cc(C)nc(C(C)C)n3)CC2)n1. The monoisotopic (exact) mass is 360 g/mol. The maximum atomic E-state index is 5.34. The van der Waals surface area contributed by atoms with Crippen LogP contribution in [0.4, 0.5) is 5.82 Å². The van der Waals surface area contributed by atoms with E-state index in [1.54, 1.807) is 7.11 Å². The van der Waals surface area contributed by atoms with Crippen LogP contribution in [-0.4, -0.2) is 58.3 Å². The lowest BCUT2D eigenvalue weighted by atomic mass is 10.2. The predicted molar refractivity (Wildman–Crippen MR) is 98.1 cm³/mol. The number of methoxy groups -OCH3 is 1. The molecule has 0 saturated carbocycles. The molecule has 3 rings (SSSR count). The topological polar surface area (TPSA) is 80.4 Å². The van der Waals surface area contributed by atoms with Crippen LogP contribution in [0.2, 0.25) is 0 Å². The van der Waals surface area contributed by atoms with Gasteiger partial charge in [0.15, 0.2) is 5.82 Å². The van der Waals surface area contributed by atoms with Crippen LogP contribution < -0.4 is 4.90 Å². The molecule has 142 valence electrons. The van der Waals surface area contributed by atoms with E-state index < -0.39 is 0 Å². The lowest BCUT2D eigenvalue weighted by Crippen LogP contribution is -2.46. The highest BCUT2D eigenvalue weighted by molar-refractivity contribution is 5.40. The van der Waals surface area contributed by atoms with Crippen molar-refractivity contribution in [2.24, 2.45) is 0 Å². The number of nitrogens with zero attached hydrogens (tertiary/aromatic N) is 6. The van der Waals surface area contributed by atoms with E-state index in [0.29, 0.717) is 24.2 Å². The van der Waals surface area contributed by atoms with Crippen molar-refractivity contribution in [2.75, 3.05) is 38.2 Å². The minimum atomic E-state index is -0.152. The molecule has 0 spiro atoms. The number of aryl methyl sites for hydroxylation is 1. The molecular weight excluding hydrogens is 332 g/mol. The molecule has 1 fully saturated rings. The molecule has 0 N–H and O–H groups in total. The fourth-order valence-corrected chi connectivity index (χ4v) is 2.92. The van der Waals surface area contributed by atoms with Crippen molar-refractivity contribution in [1.29, 1.82) is 0 Å². The first-order chi connectivity index (χ1) is 12.5. The van der Waals surface area contributed by atoms with E-state index in [1.165, 1.54) is 0 Å². The van der Waals surface area contributed by atoms with Crippen molar-refractivity contribution >= 4 is 5.82 Å². The summed E-state index contributed by atoms with van der Waals surface area (Å²) in [6.07, 6.45) is -0.152. The molecule has 26 heavy (non-hydrogen) atoms. The summed E-state index contributed by atoms with van der Waals surface area (Å²) < 4.78 is 10.6. The molecule has 1 aliphatic heterocycles. The van der Waals surface area contributed by atoms with E-state index in [4.69, 9.17) is 14.2 Å². The fourth-order valence-electron chi connectivity index (χ4n) is 2.92. The van der Waals surface area contributed by atoms with Crippen molar-refractivity contribution in [2.45, 2.75) is 46.3 Å². The Morgan fingerprint density at radius 2 is 1.81 bits per heavy atom. The number of hydrogen-bond acceptors (Lipinski definition) is 8. The lowest BCUT2D eigenvalue weighted by Gasteiger charge is -2.34. The molecule has 0 aromatic carbocycles. The van der Waals surface area contributed by atoms with Gasteiger partial charge in [-0.15, -0.1) is 0 Å². The van der Waals surface area contributed by atoms with E-state index in [0.717, 1.165) is 43.5 Å². The van der Waals surface area contributed by atoms with Crippen LogP contribution >= 0.6 is 0 Å². The van der Waals surface area contributed by atoms with Crippen LogP contribution in [-0.2, 0) is 11.3 Å². The van der Waals surface area contributed by atoms with Crippen molar-refractivity contribution in [3.05, 3.63) is 29.3 Å². The molecule has 0 radical (unpaired) electrons. The zero-order valence-corrected chi connectivity index (χ0v) is 16.3. The number of anilines is 1. The summed E-state index contributed by atoms with van der Waals surface area (Å²) in [6, 6.07) is 2.07. The molecule has 0 amide bonds. The van der Waals surface area contributed by atoms with Crippen molar-refractivity contribution in [3.8, 4) is 0 Å². The maximum Gasteiger partial charge on any atom is 0.240 e. The van der Waals surface area contributed by atoms with Gasteiger partial charge in [-0.2, -0.15) is 4.98 Å². The minimum Gasteiger partial charge on any atom is -0.374 e. The first-order valence-electron chi connectivity index (χ1n) is 9.14. The summed E-state index contributed by atoms with van der Waals surface area (Å²) >= 11 is 0. The third-order valence-corrected chi connectivity index (χ3v) is 4.63. The second-order valence-electron chi connectivity index (χ2n) is 7.07. The second-order valence-corrected chi connectivity index (χ2v) is 7.07. The molecule has 8 nitrogen and oxygen atoms in total. The third kappa shape index (κ3) is 4.37. The smallest absolute Gasteiger partial charge is 0.240 e. The van der Waals surface area contributed by atoms with Crippen molar-refractivity contribution in [3.63, 3.8) is 0 Å². The molecule has 1 saturated heterocycles. The zero-order valence-electron chi connectivity index (χ0n) is 16.3. The Morgan fingerprint density at radius 3 is 2.46 bits per heavy atom. The Kier molecular flexibility index (Phi) is 5.83. The number of rotatable bonds is 6. The van der Waals surface area contributed by atoms with Crippen LogP contribution in [0, 0.1) is 6.92 Å². The van der Waals surface area contributed by atoms with Crippen LogP contribution in [0.5, 0.6) is 0 Å². The van der Waals surface area contributed by atoms with Gasteiger partial charge in [0, 0.05) is 51.0 Å². The van der Waals surface area contributed by atoms with Gasteiger partial charge in [0.2, 0.25) is 5.89 Å². The van der Waals surface area contributed by atoms with E-state index in [2.05, 4.69) is 44.8 Å². The normalized spacial score (nSPS) is 17.1. The van der Waals surface area contributed by atoms with Gasteiger partial charge in [-0.3, -0.25) is 4.90 Å². The van der Waals surface area contributed by atoms with Crippen LogP contribution in [0.3, 0.4) is 0 Å². The predicted octanol–water partition coefficient (Wildman–Crippen LogP) is 2.32. The van der Waals surface area contributed by atoms with E-state index in [1.807, 2.05) is 13.8 Å². The van der Waals surface area contributed by atoms with Crippen LogP contribution in [0.15, 0.2) is 10.6 Å². The van der Waals surface area contributed by atoms with Gasteiger partial charge in [-0.05, 0) is 13.8 Å². The summed E-state index contributed by atoms with van der Waals surface area (Å²) in [7, 11) is 1.64. The summed E-state index contributed by atoms with van der Waals surface area (Å²) in [5.41, 5.74) is 1.02. The summed E-state index contributed by atoms with van der Waals surface area (Å²) in [4.78, 5) is 18.3. The largest absolute Gasteiger partial charge is 0.374 e. The zero-order chi connectivity index (χ0) is 18.7. The van der Waals surface area contributed by atoms with Crippen molar-refractivity contribution in [1.82, 2.24) is 25.0 Å². The Morgan fingerprint density at radius 1 is 1.08 bits per heavy atom. The Balaban J connectivity index is 1.58. The van der Waals surface area contributed by atoms with Gasteiger partial charge in [-0.1, -0.05) is 19.0 Å². The number of aromatic nitrogens is 4. The minimum absolute atomic E-state index is 0.152. The molecule has 1 aliphatic rings. The molecule has 2 aromatic rings. The fraction of sp³-hybridized carbons (Fsp3) is 0.667. The highest BCUT2D eigenvalue weighted by Gasteiger charge is 2.22. The number of piperazine rings is 1. The quantitative estimate of drug-likeness (QED) is 0.776. The third-order valence-electron chi connectivity index (χ3n) is 4.63. The van der Waals surface area contributed by atoms with Gasteiger partial charge in [0.25, 0.3) is 0 Å². The van der Waals surface area contributed by atoms with Gasteiger partial charge in [0.1, 0.15) is 17.7 Å². The number of ether oxygens (including phenoxy) is 1. The van der Waals surface area contributed by atoms with E-state index in [9.17, 15) is 0 Å². The number of hydrogen-bond donors (Lipinski definition) is 0. The molecule has 8 heteroatoms. The molecule has 0 bridgehead atoms. The van der Waals surface area contributed by atoms with Gasteiger partial charge >= 0.3 is 0 Å². The average molecular weight is 360 g/mol. The first-order valence-corrected chi connectivity index (χ1v) is 9.14. The summed E-state index contributed by atoms with van der Waals surface area (Å²) in [5.74, 6) is 3.50. The van der Waals surface area contributed by atoms with E-state index in [-0.39, 0.29) is 6.10 Å². The maximum absolute atomic E-state index is 5.34. The molecule has 1 unspecified atom stereocenters. The lowest BCUT2D eigenvalue weighted by molar-refractivity contribution is 0.109. The van der Waals surface area contributed by atoms with Crippen LogP contribution in [0.1, 0.15) is 56.0 Å². The average Bonchev–Trinajstić information content (AvgIpc) is 3.09. The van der Waals surface area contributed by atoms with Crippen molar-refractivity contribution < 1.29 is 9.26 Å². The van der Waals surface area contributed by atoms with E-state index >= 15 is 0 Å². The Hall–Kier alpha value is -2.06. The standard InChI is InChI=1S/C18H28N6O2/c1-12(2)17-19-13(3)10-15(20-17)24-8-6-23(7-9-24)11-16-21-18(22-26-16)14(4)25-5/h10,12,14H,6-9,11H2,1-5H3. The highest BCUT2D eigenvalue weighted by Crippen LogP contribution is 2.19. The molecule has 1 atom stereocenters. The molecule has 0 aliphatic carbocycles.